The standard InChI is InChI=1S/C16H23N3O3S/c1-17(2)10-11-18-14-8-9-19(15(14)12-16(18)20)23(21,22)13-6-4-3-5-7-13/h3-7,14-15H,8-12H2,1-2H3/t14-,15+/m0/s1. The van der Waals surface area contributed by atoms with Gasteiger partial charge in [0.05, 0.1) is 17.0 Å². The van der Waals surface area contributed by atoms with Gasteiger partial charge in [0.2, 0.25) is 15.9 Å². The molecule has 0 unspecified atom stereocenters. The molecule has 7 heteroatoms. The Hall–Kier alpha value is -1.44. The van der Waals surface area contributed by atoms with E-state index in [1.807, 2.05) is 23.9 Å². The van der Waals surface area contributed by atoms with Crippen LogP contribution >= 0.6 is 0 Å². The van der Waals surface area contributed by atoms with Gasteiger partial charge in [0.25, 0.3) is 0 Å². The zero-order chi connectivity index (χ0) is 16.6. The summed E-state index contributed by atoms with van der Waals surface area (Å²) in [6, 6.07) is 8.27. The van der Waals surface area contributed by atoms with Crippen molar-refractivity contribution >= 4 is 15.9 Å². The molecular formula is C16H23N3O3S. The maximum atomic E-state index is 12.8. The quantitative estimate of drug-likeness (QED) is 0.790. The number of amides is 1. The number of nitrogens with zero attached hydrogens (tertiary/aromatic N) is 3. The highest BCUT2D eigenvalue weighted by Crippen LogP contribution is 2.35. The predicted molar refractivity (Wildman–Crippen MR) is 87.4 cm³/mol. The second-order valence-electron chi connectivity index (χ2n) is 6.45. The van der Waals surface area contributed by atoms with Crippen molar-refractivity contribution in [2.24, 2.45) is 0 Å². The van der Waals surface area contributed by atoms with E-state index in [2.05, 4.69) is 0 Å². The highest BCUT2D eigenvalue weighted by molar-refractivity contribution is 7.89. The fraction of sp³-hybridized carbons (Fsp3) is 0.562. The third-order valence-electron chi connectivity index (χ3n) is 4.70. The third kappa shape index (κ3) is 3.00. The minimum atomic E-state index is -3.53. The lowest BCUT2D eigenvalue weighted by Gasteiger charge is -2.26. The summed E-state index contributed by atoms with van der Waals surface area (Å²) in [6.45, 7) is 1.94. The van der Waals surface area contributed by atoms with Crippen LogP contribution in [0.4, 0.5) is 0 Å². The van der Waals surface area contributed by atoms with Gasteiger partial charge in [-0.3, -0.25) is 4.79 Å². The Morgan fingerprint density at radius 3 is 2.52 bits per heavy atom. The number of benzene rings is 1. The topological polar surface area (TPSA) is 60.9 Å². The summed E-state index contributed by atoms with van der Waals surface area (Å²) in [5, 5.41) is 0. The first-order chi connectivity index (χ1) is 10.9. The van der Waals surface area contributed by atoms with Crippen molar-refractivity contribution < 1.29 is 13.2 Å². The zero-order valence-electron chi connectivity index (χ0n) is 13.6. The number of sulfonamides is 1. The lowest BCUT2D eigenvalue weighted by Crippen LogP contribution is -2.41. The van der Waals surface area contributed by atoms with Crippen LogP contribution < -0.4 is 0 Å². The van der Waals surface area contributed by atoms with Crippen LogP contribution in [0.1, 0.15) is 12.8 Å². The predicted octanol–water partition coefficient (Wildman–Crippen LogP) is 0.612. The highest BCUT2D eigenvalue weighted by Gasteiger charge is 2.50. The SMILES string of the molecule is CN(C)CCN1C(=O)C[C@@H]2[C@@H]1CCN2S(=O)(=O)c1ccccc1. The molecule has 0 radical (unpaired) electrons. The number of carbonyl (C=O) groups excluding carboxylic acids is 1. The summed E-state index contributed by atoms with van der Waals surface area (Å²) in [7, 11) is 0.415. The van der Waals surface area contributed by atoms with Crippen molar-refractivity contribution in [2.45, 2.75) is 29.8 Å². The van der Waals surface area contributed by atoms with E-state index in [0.29, 0.717) is 24.4 Å². The van der Waals surface area contributed by atoms with Crippen LogP contribution in [0, 0.1) is 0 Å². The van der Waals surface area contributed by atoms with Crippen molar-refractivity contribution in [1.29, 1.82) is 0 Å². The minimum Gasteiger partial charge on any atom is -0.337 e. The number of likely N-dealkylation sites (tertiary alicyclic amines) is 1. The van der Waals surface area contributed by atoms with E-state index in [1.54, 1.807) is 30.3 Å². The molecule has 2 fully saturated rings. The normalized spacial score (nSPS) is 25.3. The van der Waals surface area contributed by atoms with E-state index >= 15 is 0 Å². The van der Waals surface area contributed by atoms with Crippen molar-refractivity contribution in [2.75, 3.05) is 33.7 Å². The van der Waals surface area contributed by atoms with E-state index in [4.69, 9.17) is 0 Å². The average molecular weight is 337 g/mol. The van der Waals surface area contributed by atoms with Gasteiger partial charge in [0, 0.05) is 26.1 Å². The molecular weight excluding hydrogens is 314 g/mol. The van der Waals surface area contributed by atoms with Crippen LogP contribution in [0.2, 0.25) is 0 Å². The van der Waals surface area contributed by atoms with Gasteiger partial charge in [0.15, 0.2) is 0 Å². The monoisotopic (exact) mass is 337 g/mol. The molecule has 1 aromatic carbocycles. The summed E-state index contributed by atoms with van der Waals surface area (Å²) in [4.78, 5) is 16.5. The number of carbonyl (C=O) groups is 1. The van der Waals surface area contributed by atoms with Crippen molar-refractivity contribution in [3.63, 3.8) is 0 Å². The molecule has 1 amide bonds. The van der Waals surface area contributed by atoms with E-state index in [-0.39, 0.29) is 18.0 Å². The molecule has 0 spiro atoms. The summed E-state index contributed by atoms with van der Waals surface area (Å²) in [6.07, 6.45) is 1.01. The third-order valence-corrected chi connectivity index (χ3v) is 6.64. The Morgan fingerprint density at radius 2 is 1.87 bits per heavy atom. The van der Waals surface area contributed by atoms with Crippen molar-refractivity contribution in [3.8, 4) is 0 Å². The summed E-state index contributed by atoms with van der Waals surface area (Å²) in [5.74, 6) is 0.0646. The molecule has 2 heterocycles. The Balaban J connectivity index is 1.80. The Kier molecular flexibility index (Phi) is 4.44. The number of hydrogen-bond donors (Lipinski definition) is 0. The van der Waals surface area contributed by atoms with E-state index in [1.165, 1.54) is 4.31 Å². The molecule has 0 aliphatic carbocycles. The van der Waals surface area contributed by atoms with Gasteiger partial charge >= 0.3 is 0 Å². The number of likely N-dealkylation sites (N-methyl/N-ethyl adjacent to an activating group) is 1. The molecule has 0 N–H and O–H groups in total. The van der Waals surface area contributed by atoms with Gasteiger partial charge in [-0.05, 0) is 32.6 Å². The van der Waals surface area contributed by atoms with E-state index in [0.717, 1.165) is 13.0 Å². The first kappa shape index (κ1) is 16.4. The van der Waals surface area contributed by atoms with Gasteiger partial charge in [0.1, 0.15) is 0 Å². The van der Waals surface area contributed by atoms with Gasteiger partial charge in [-0.1, -0.05) is 18.2 Å². The Labute approximate surface area is 137 Å². The minimum absolute atomic E-state index is 0.0148. The summed E-state index contributed by atoms with van der Waals surface area (Å²) < 4.78 is 27.2. The smallest absolute Gasteiger partial charge is 0.243 e. The fourth-order valence-electron chi connectivity index (χ4n) is 3.52. The lowest BCUT2D eigenvalue weighted by atomic mass is 10.1. The maximum Gasteiger partial charge on any atom is 0.243 e. The molecule has 0 aromatic heterocycles. The van der Waals surface area contributed by atoms with Crippen LogP contribution in [0.3, 0.4) is 0 Å². The molecule has 23 heavy (non-hydrogen) atoms. The van der Waals surface area contributed by atoms with Gasteiger partial charge in [-0.25, -0.2) is 8.42 Å². The molecule has 2 atom stereocenters. The second kappa shape index (κ2) is 6.22. The second-order valence-corrected chi connectivity index (χ2v) is 8.34. The number of fused-ring (bicyclic) bond motifs is 1. The lowest BCUT2D eigenvalue weighted by molar-refractivity contribution is -0.129. The van der Waals surface area contributed by atoms with Crippen LogP contribution in [-0.2, 0) is 14.8 Å². The molecule has 2 aliphatic heterocycles. The number of hydrogen-bond acceptors (Lipinski definition) is 4. The Morgan fingerprint density at radius 1 is 1.17 bits per heavy atom. The van der Waals surface area contributed by atoms with Crippen molar-refractivity contribution in [1.82, 2.24) is 14.1 Å². The van der Waals surface area contributed by atoms with E-state index in [9.17, 15) is 13.2 Å². The molecule has 126 valence electrons. The first-order valence-electron chi connectivity index (χ1n) is 7.92. The van der Waals surface area contributed by atoms with Gasteiger partial charge in [-0.2, -0.15) is 4.31 Å². The van der Waals surface area contributed by atoms with Crippen LogP contribution in [-0.4, -0.2) is 74.2 Å². The van der Waals surface area contributed by atoms with Crippen LogP contribution in [0.25, 0.3) is 0 Å². The maximum absolute atomic E-state index is 12.8. The molecule has 3 rings (SSSR count). The summed E-state index contributed by atoms with van der Waals surface area (Å²) >= 11 is 0. The highest BCUT2D eigenvalue weighted by atomic mass is 32.2. The molecule has 0 bridgehead atoms. The Bertz CT molecular complexity index is 675. The van der Waals surface area contributed by atoms with Crippen molar-refractivity contribution in [3.05, 3.63) is 30.3 Å². The fourth-order valence-corrected chi connectivity index (χ4v) is 5.21. The summed E-state index contributed by atoms with van der Waals surface area (Å²) in [5.41, 5.74) is 0. The molecule has 1 aromatic rings. The number of rotatable bonds is 5. The molecule has 6 nitrogen and oxygen atoms in total. The average Bonchev–Trinajstić information content (AvgIpc) is 3.04. The largest absolute Gasteiger partial charge is 0.337 e. The van der Waals surface area contributed by atoms with E-state index < -0.39 is 10.0 Å². The zero-order valence-corrected chi connectivity index (χ0v) is 14.4. The molecule has 2 saturated heterocycles. The van der Waals surface area contributed by atoms with Crippen LogP contribution in [0.15, 0.2) is 35.2 Å². The molecule has 0 saturated carbocycles. The first-order valence-corrected chi connectivity index (χ1v) is 9.36. The van der Waals surface area contributed by atoms with Gasteiger partial charge < -0.3 is 9.80 Å². The van der Waals surface area contributed by atoms with Crippen LogP contribution in [0.5, 0.6) is 0 Å². The molecule has 2 aliphatic rings. The van der Waals surface area contributed by atoms with Gasteiger partial charge in [-0.15, -0.1) is 0 Å².